The maximum Gasteiger partial charge on any atom is 0.239 e. The molecular formula is C20H32N4O3. The number of methoxy groups -OCH3 is 1. The van der Waals surface area contributed by atoms with Crippen LogP contribution in [0.25, 0.3) is 0 Å². The normalized spacial score (nSPS) is 16.7. The van der Waals surface area contributed by atoms with Gasteiger partial charge in [0.05, 0.1) is 19.2 Å². The summed E-state index contributed by atoms with van der Waals surface area (Å²) in [5.74, 6) is 0.150. The smallest absolute Gasteiger partial charge is 0.239 e. The van der Waals surface area contributed by atoms with Gasteiger partial charge < -0.3 is 15.0 Å². The SMILES string of the molecule is COCCNC(=O)CN1CCN(C(C)C(=O)N(C)Cc2ccccc2)CC1. The van der Waals surface area contributed by atoms with E-state index in [0.29, 0.717) is 26.2 Å². The van der Waals surface area contributed by atoms with Crippen molar-refractivity contribution in [2.24, 2.45) is 0 Å². The first-order chi connectivity index (χ1) is 13.0. The van der Waals surface area contributed by atoms with Gasteiger partial charge in [-0.1, -0.05) is 30.3 Å². The number of carbonyl (C=O) groups excluding carboxylic acids is 2. The van der Waals surface area contributed by atoms with E-state index in [1.807, 2.05) is 44.3 Å². The van der Waals surface area contributed by atoms with E-state index in [-0.39, 0.29) is 17.9 Å². The molecule has 1 atom stereocenters. The summed E-state index contributed by atoms with van der Waals surface area (Å²) in [6, 6.07) is 9.86. The highest BCUT2D eigenvalue weighted by molar-refractivity contribution is 5.81. The zero-order valence-corrected chi connectivity index (χ0v) is 16.7. The Morgan fingerprint density at radius 1 is 1.19 bits per heavy atom. The van der Waals surface area contributed by atoms with Gasteiger partial charge in [0, 0.05) is 53.4 Å². The number of rotatable bonds is 9. The molecule has 0 bridgehead atoms. The average molecular weight is 377 g/mol. The van der Waals surface area contributed by atoms with Crippen LogP contribution < -0.4 is 5.32 Å². The molecule has 0 aliphatic carbocycles. The number of carbonyl (C=O) groups is 2. The van der Waals surface area contributed by atoms with Gasteiger partial charge in [-0.05, 0) is 12.5 Å². The second-order valence-corrected chi connectivity index (χ2v) is 7.01. The molecule has 27 heavy (non-hydrogen) atoms. The molecule has 1 fully saturated rings. The van der Waals surface area contributed by atoms with Crippen molar-refractivity contribution in [3.63, 3.8) is 0 Å². The molecular weight excluding hydrogens is 344 g/mol. The van der Waals surface area contributed by atoms with Crippen LogP contribution in [0.3, 0.4) is 0 Å². The summed E-state index contributed by atoms with van der Waals surface area (Å²) in [6.07, 6.45) is 0. The fourth-order valence-corrected chi connectivity index (χ4v) is 3.27. The third-order valence-corrected chi connectivity index (χ3v) is 4.95. The highest BCUT2D eigenvalue weighted by Gasteiger charge is 2.28. The van der Waals surface area contributed by atoms with E-state index in [1.54, 1.807) is 12.0 Å². The molecule has 1 saturated heterocycles. The number of amides is 2. The first-order valence-corrected chi connectivity index (χ1v) is 9.52. The lowest BCUT2D eigenvalue weighted by Gasteiger charge is -2.38. The van der Waals surface area contributed by atoms with E-state index in [4.69, 9.17) is 4.74 Å². The Labute approximate surface area is 162 Å². The topological polar surface area (TPSA) is 65.1 Å². The maximum absolute atomic E-state index is 12.7. The van der Waals surface area contributed by atoms with E-state index in [2.05, 4.69) is 15.1 Å². The molecule has 2 amide bonds. The molecule has 1 aliphatic rings. The summed E-state index contributed by atoms with van der Waals surface area (Å²) in [4.78, 5) is 30.8. The van der Waals surface area contributed by atoms with Gasteiger partial charge in [-0.3, -0.25) is 19.4 Å². The van der Waals surface area contributed by atoms with Crippen molar-refractivity contribution in [3.05, 3.63) is 35.9 Å². The molecule has 1 aromatic rings. The van der Waals surface area contributed by atoms with Gasteiger partial charge in [-0.25, -0.2) is 0 Å². The van der Waals surface area contributed by atoms with Crippen molar-refractivity contribution in [2.75, 3.05) is 60.0 Å². The lowest BCUT2D eigenvalue weighted by atomic mass is 10.1. The van der Waals surface area contributed by atoms with Crippen molar-refractivity contribution >= 4 is 11.8 Å². The van der Waals surface area contributed by atoms with Crippen LogP contribution in [0, 0.1) is 0 Å². The molecule has 2 rings (SSSR count). The van der Waals surface area contributed by atoms with Gasteiger partial charge in [0.15, 0.2) is 0 Å². The van der Waals surface area contributed by atoms with Crippen LogP contribution in [-0.4, -0.2) is 92.6 Å². The zero-order chi connectivity index (χ0) is 19.6. The summed E-state index contributed by atoms with van der Waals surface area (Å²) < 4.78 is 4.93. The largest absolute Gasteiger partial charge is 0.383 e. The minimum absolute atomic E-state index is 0.0206. The fraction of sp³-hybridized carbons (Fsp3) is 0.600. The quantitative estimate of drug-likeness (QED) is 0.633. The Hall–Kier alpha value is -1.96. The van der Waals surface area contributed by atoms with Gasteiger partial charge in [0.1, 0.15) is 0 Å². The minimum Gasteiger partial charge on any atom is -0.383 e. The third-order valence-electron chi connectivity index (χ3n) is 4.95. The highest BCUT2D eigenvalue weighted by atomic mass is 16.5. The molecule has 1 unspecified atom stereocenters. The zero-order valence-electron chi connectivity index (χ0n) is 16.7. The highest BCUT2D eigenvalue weighted by Crippen LogP contribution is 2.10. The maximum atomic E-state index is 12.7. The summed E-state index contributed by atoms with van der Waals surface area (Å²) >= 11 is 0. The van der Waals surface area contributed by atoms with Crippen molar-refractivity contribution < 1.29 is 14.3 Å². The standard InChI is InChI=1S/C20H32N4O3/c1-17(20(26)22(2)15-18-7-5-4-6-8-18)24-12-10-23(11-13-24)16-19(25)21-9-14-27-3/h4-8,17H,9-16H2,1-3H3,(H,21,25). The fourth-order valence-electron chi connectivity index (χ4n) is 3.27. The number of piperazine rings is 1. The predicted molar refractivity (Wildman–Crippen MR) is 105 cm³/mol. The summed E-state index contributed by atoms with van der Waals surface area (Å²) in [5, 5.41) is 2.84. The van der Waals surface area contributed by atoms with Crippen molar-refractivity contribution in [3.8, 4) is 0 Å². The van der Waals surface area contributed by atoms with Crippen LogP contribution in [-0.2, 0) is 20.9 Å². The van der Waals surface area contributed by atoms with Gasteiger partial charge in [0.25, 0.3) is 0 Å². The van der Waals surface area contributed by atoms with E-state index in [1.165, 1.54) is 0 Å². The first kappa shape index (κ1) is 21.3. The molecule has 0 aromatic heterocycles. The predicted octanol–water partition coefficient (Wildman–Crippen LogP) is 0.414. The number of likely N-dealkylation sites (N-methyl/N-ethyl adjacent to an activating group) is 1. The summed E-state index contributed by atoms with van der Waals surface area (Å²) in [6.45, 7) is 7.20. The molecule has 150 valence electrons. The molecule has 1 heterocycles. The lowest BCUT2D eigenvalue weighted by Crippen LogP contribution is -2.55. The Kier molecular flexibility index (Phi) is 8.71. The molecule has 7 heteroatoms. The second-order valence-electron chi connectivity index (χ2n) is 7.01. The molecule has 0 spiro atoms. The Balaban J connectivity index is 1.74. The van der Waals surface area contributed by atoms with E-state index in [9.17, 15) is 9.59 Å². The van der Waals surface area contributed by atoms with Crippen LogP contribution in [0.2, 0.25) is 0 Å². The van der Waals surface area contributed by atoms with Crippen molar-refractivity contribution in [2.45, 2.75) is 19.5 Å². The lowest BCUT2D eigenvalue weighted by molar-refractivity contribution is -0.136. The third kappa shape index (κ3) is 6.93. The minimum atomic E-state index is -0.156. The van der Waals surface area contributed by atoms with E-state index < -0.39 is 0 Å². The molecule has 1 aliphatic heterocycles. The number of ether oxygens (including phenoxy) is 1. The van der Waals surface area contributed by atoms with E-state index in [0.717, 1.165) is 31.7 Å². The van der Waals surface area contributed by atoms with E-state index >= 15 is 0 Å². The molecule has 0 radical (unpaired) electrons. The van der Waals surface area contributed by atoms with Gasteiger partial charge in [-0.15, -0.1) is 0 Å². The van der Waals surface area contributed by atoms with Crippen LogP contribution in [0.4, 0.5) is 0 Å². The number of nitrogens with one attached hydrogen (secondary N) is 1. The number of benzene rings is 1. The molecule has 1 aromatic carbocycles. The van der Waals surface area contributed by atoms with Crippen molar-refractivity contribution in [1.82, 2.24) is 20.0 Å². The van der Waals surface area contributed by atoms with Crippen LogP contribution in [0.5, 0.6) is 0 Å². The number of hydrogen-bond acceptors (Lipinski definition) is 5. The van der Waals surface area contributed by atoms with Gasteiger partial charge >= 0.3 is 0 Å². The summed E-state index contributed by atoms with van der Waals surface area (Å²) in [5.41, 5.74) is 1.13. The monoisotopic (exact) mass is 376 g/mol. The van der Waals surface area contributed by atoms with Crippen molar-refractivity contribution in [1.29, 1.82) is 0 Å². The molecule has 1 N–H and O–H groups in total. The average Bonchev–Trinajstić information content (AvgIpc) is 2.68. The second kappa shape index (κ2) is 11.0. The molecule has 0 saturated carbocycles. The van der Waals surface area contributed by atoms with Crippen LogP contribution in [0.1, 0.15) is 12.5 Å². The van der Waals surface area contributed by atoms with Crippen LogP contribution in [0.15, 0.2) is 30.3 Å². The number of hydrogen-bond donors (Lipinski definition) is 1. The Bertz CT molecular complexity index is 588. The molecule has 7 nitrogen and oxygen atoms in total. The Morgan fingerprint density at radius 2 is 1.85 bits per heavy atom. The van der Waals surface area contributed by atoms with Gasteiger partial charge in [0.2, 0.25) is 11.8 Å². The Morgan fingerprint density at radius 3 is 2.48 bits per heavy atom. The first-order valence-electron chi connectivity index (χ1n) is 9.52. The summed E-state index contributed by atoms with van der Waals surface area (Å²) in [7, 11) is 3.47. The number of nitrogens with zero attached hydrogens (tertiary/aromatic N) is 3. The van der Waals surface area contributed by atoms with Gasteiger partial charge in [-0.2, -0.15) is 0 Å². The van der Waals surface area contributed by atoms with Crippen LogP contribution >= 0.6 is 0 Å².